The van der Waals surface area contributed by atoms with Crippen molar-refractivity contribution >= 4 is 27.3 Å². The largest absolute Gasteiger partial charge is 0.573 e. The molecule has 2 aromatic heterocycles. The Morgan fingerprint density at radius 2 is 1.86 bits per heavy atom. The lowest BCUT2D eigenvalue weighted by atomic mass is 10.1. The summed E-state index contributed by atoms with van der Waals surface area (Å²) >= 11 is 3.37. The number of ether oxygens (including phenoxy) is 1. The van der Waals surface area contributed by atoms with Gasteiger partial charge in [0.15, 0.2) is 0 Å². The normalized spacial score (nSPS) is 12.9. The number of carbonyl (C=O) groups is 1. The van der Waals surface area contributed by atoms with Gasteiger partial charge >= 0.3 is 12.3 Å². The Bertz CT molecular complexity index is 1370. The van der Waals surface area contributed by atoms with Crippen LogP contribution in [-0.4, -0.2) is 36.9 Å². The molecule has 1 aromatic carbocycles. The second kappa shape index (κ2) is 10.2. The fourth-order valence-corrected chi connectivity index (χ4v) is 3.60. The van der Waals surface area contributed by atoms with E-state index in [-0.39, 0.29) is 5.69 Å². The first-order valence-corrected chi connectivity index (χ1v) is 11.0. The van der Waals surface area contributed by atoms with Crippen molar-refractivity contribution in [2.24, 2.45) is 7.05 Å². The molecule has 3 rings (SSSR count). The molecule has 0 saturated heterocycles. The van der Waals surface area contributed by atoms with E-state index in [2.05, 4.69) is 42.7 Å². The summed E-state index contributed by atoms with van der Waals surface area (Å²) in [5.74, 6) is -5.74. The van der Waals surface area contributed by atoms with Crippen LogP contribution in [0.3, 0.4) is 0 Å². The van der Waals surface area contributed by atoms with Crippen molar-refractivity contribution in [1.82, 2.24) is 24.8 Å². The monoisotopic (exact) mass is 571 g/mol. The first-order chi connectivity index (χ1) is 16.7. The van der Waals surface area contributed by atoms with E-state index in [0.29, 0.717) is 27.0 Å². The van der Waals surface area contributed by atoms with Gasteiger partial charge in [0.05, 0.1) is 23.3 Å². The second-order valence-corrected chi connectivity index (χ2v) is 8.37. The molecule has 0 saturated carbocycles. The molecule has 0 bridgehead atoms. The zero-order valence-corrected chi connectivity index (χ0v) is 20.7. The van der Waals surface area contributed by atoms with Crippen molar-refractivity contribution in [3.8, 4) is 16.9 Å². The number of halogens is 6. The third-order valence-corrected chi connectivity index (χ3v) is 5.45. The molecule has 0 fully saturated rings. The Hall–Kier alpha value is -3.61. The summed E-state index contributed by atoms with van der Waals surface area (Å²) in [6, 6.07) is 6.09. The standard InChI is InChI=1S/C23H19BrF5N5O2/c1-5-15(7-6-13(2)36-23(27,28)29)20-12-30-32-34(20)19-10-16(24)8-9-17(19)18-11-21(31-33(18)4)22(25,26)14(3)35/h5-12H,2H2,1,3-4H3. The van der Waals surface area contributed by atoms with E-state index in [4.69, 9.17) is 0 Å². The first kappa shape index (κ1) is 27.0. The summed E-state index contributed by atoms with van der Waals surface area (Å²) in [5.41, 5.74) is 1.18. The van der Waals surface area contributed by atoms with Crippen molar-refractivity contribution in [2.45, 2.75) is 26.1 Å². The molecule has 0 radical (unpaired) electrons. The van der Waals surface area contributed by atoms with Gasteiger partial charge in [0, 0.05) is 24.0 Å². The van der Waals surface area contributed by atoms with Crippen LogP contribution in [0.2, 0.25) is 0 Å². The highest BCUT2D eigenvalue weighted by molar-refractivity contribution is 9.10. The number of nitrogens with zero attached hydrogens (tertiary/aromatic N) is 5. The van der Waals surface area contributed by atoms with Crippen molar-refractivity contribution in [2.75, 3.05) is 0 Å². The van der Waals surface area contributed by atoms with Gasteiger partial charge in [0.2, 0.25) is 5.78 Å². The highest BCUT2D eigenvalue weighted by Crippen LogP contribution is 2.35. The van der Waals surface area contributed by atoms with Crippen LogP contribution >= 0.6 is 15.9 Å². The maximum Gasteiger partial charge on any atom is 0.573 e. The summed E-state index contributed by atoms with van der Waals surface area (Å²) < 4.78 is 73.0. The predicted molar refractivity (Wildman–Crippen MR) is 125 cm³/mol. The molecule has 36 heavy (non-hydrogen) atoms. The number of allylic oxidation sites excluding steroid dienone is 4. The van der Waals surface area contributed by atoms with Gasteiger partial charge < -0.3 is 4.74 Å². The SMILES string of the molecule is C=C(C=CC(=CC)c1cnnn1-c1cc(Br)ccc1-c1cc(C(F)(F)C(C)=O)nn1C)OC(F)(F)F. The molecule has 13 heteroatoms. The third kappa shape index (κ3) is 5.78. The molecule has 7 nitrogen and oxygen atoms in total. The minimum atomic E-state index is -4.88. The number of benzene rings is 1. The molecule has 0 atom stereocenters. The van der Waals surface area contributed by atoms with E-state index in [1.807, 2.05) is 0 Å². The zero-order chi connectivity index (χ0) is 26.8. The van der Waals surface area contributed by atoms with Crippen LogP contribution in [0.4, 0.5) is 22.0 Å². The fourth-order valence-electron chi connectivity index (χ4n) is 3.25. The Balaban J connectivity index is 2.09. The number of aryl methyl sites for hydroxylation is 1. The minimum Gasteiger partial charge on any atom is -0.406 e. The van der Waals surface area contributed by atoms with Crippen LogP contribution < -0.4 is 0 Å². The van der Waals surface area contributed by atoms with E-state index in [9.17, 15) is 26.7 Å². The van der Waals surface area contributed by atoms with Crippen molar-refractivity contribution in [3.05, 3.63) is 76.9 Å². The third-order valence-electron chi connectivity index (χ3n) is 4.96. The molecule has 3 aromatic rings. The first-order valence-electron chi connectivity index (χ1n) is 10.2. The Labute approximate surface area is 210 Å². The van der Waals surface area contributed by atoms with Gasteiger partial charge in [-0.2, -0.15) is 13.9 Å². The molecule has 190 valence electrons. The maximum absolute atomic E-state index is 14.3. The summed E-state index contributed by atoms with van der Waals surface area (Å²) in [6.07, 6.45) is 0.499. The van der Waals surface area contributed by atoms with E-state index in [0.717, 1.165) is 19.1 Å². The van der Waals surface area contributed by atoms with Crippen molar-refractivity contribution < 1.29 is 31.5 Å². The van der Waals surface area contributed by atoms with Crippen molar-refractivity contribution in [3.63, 3.8) is 0 Å². The van der Waals surface area contributed by atoms with Crippen LogP contribution in [0.5, 0.6) is 0 Å². The molecular formula is C23H19BrF5N5O2. The minimum absolute atomic E-state index is 0.263. The molecule has 0 unspecified atom stereocenters. The molecule has 0 aliphatic rings. The van der Waals surface area contributed by atoms with Crippen LogP contribution in [0.25, 0.3) is 22.5 Å². The quantitative estimate of drug-likeness (QED) is 0.185. The summed E-state index contributed by atoms with van der Waals surface area (Å²) in [6.45, 7) is 5.66. The van der Waals surface area contributed by atoms with Gasteiger partial charge in [-0.1, -0.05) is 33.8 Å². The highest BCUT2D eigenvalue weighted by Gasteiger charge is 2.40. The summed E-state index contributed by atoms with van der Waals surface area (Å²) in [5, 5.41) is 11.8. The second-order valence-electron chi connectivity index (χ2n) is 7.45. The van der Waals surface area contributed by atoms with E-state index in [1.54, 1.807) is 31.2 Å². The van der Waals surface area contributed by atoms with Crippen LogP contribution in [-0.2, 0) is 22.5 Å². The van der Waals surface area contributed by atoms with Crippen molar-refractivity contribution in [1.29, 1.82) is 0 Å². The lowest BCUT2D eigenvalue weighted by Gasteiger charge is -2.13. The molecule has 0 aliphatic heterocycles. The van der Waals surface area contributed by atoms with Crippen LogP contribution in [0.1, 0.15) is 25.2 Å². The predicted octanol–water partition coefficient (Wildman–Crippen LogP) is 6.12. The number of Topliss-reactive ketones (excluding diaryl/α,β-unsaturated/α-hetero) is 1. The fraction of sp³-hybridized carbons (Fsp3) is 0.217. The van der Waals surface area contributed by atoms with E-state index in [1.165, 1.54) is 28.7 Å². The number of hydrogen-bond donors (Lipinski definition) is 0. The number of alkyl halides is 5. The maximum atomic E-state index is 14.3. The highest BCUT2D eigenvalue weighted by atomic mass is 79.9. The number of aromatic nitrogens is 5. The van der Waals surface area contributed by atoms with Gasteiger partial charge in [-0.05, 0) is 48.9 Å². The number of ketones is 1. The molecule has 0 amide bonds. The van der Waals surface area contributed by atoms with E-state index < -0.39 is 29.5 Å². The molecule has 0 aliphatic carbocycles. The molecule has 2 heterocycles. The number of carbonyl (C=O) groups excluding carboxylic acids is 1. The van der Waals surface area contributed by atoms with Gasteiger partial charge in [0.1, 0.15) is 11.5 Å². The molecule has 0 N–H and O–H groups in total. The Kier molecular flexibility index (Phi) is 7.62. The lowest BCUT2D eigenvalue weighted by molar-refractivity contribution is -0.303. The van der Waals surface area contributed by atoms with Crippen LogP contribution in [0.15, 0.2) is 65.5 Å². The number of rotatable bonds is 8. The lowest BCUT2D eigenvalue weighted by Crippen LogP contribution is -2.23. The average molecular weight is 572 g/mol. The van der Waals surface area contributed by atoms with Gasteiger partial charge in [-0.25, -0.2) is 4.68 Å². The molecule has 0 spiro atoms. The Morgan fingerprint density at radius 3 is 2.47 bits per heavy atom. The topological polar surface area (TPSA) is 74.8 Å². The van der Waals surface area contributed by atoms with Gasteiger partial charge in [-0.15, -0.1) is 18.3 Å². The number of hydrogen-bond acceptors (Lipinski definition) is 5. The van der Waals surface area contributed by atoms with Gasteiger partial charge in [-0.3, -0.25) is 9.48 Å². The van der Waals surface area contributed by atoms with Gasteiger partial charge in [0.25, 0.3) is 0 Å². The zero-order valence-electron chi connectivity index (χ0n) is 19.1. The van der Waals surface area contributed by atoms with Crippen LogP contribution in [0, 0.1) is 0 Å². The summed E-state index contributed by atoms with van der Waals surface area (Å²) in [7, 11) is 1.45. The molecular weight excluding hydrogens is 553 g/mol. The summed E-state index contributed by atoms with van der Waals surface area (Å²) in [4.78, 5) is 11.4. The van der Waals surface area contributed by atoms with E-state index >= 15 is 0 Å². The smallest absolute Gasteiger partial charge is 0.406 e. The Morgan fingerprint density at radius 1 is 1.17 bits per heavy atom. The average Bonchev–Trinajstić information content (AvgIpc) is 3.40.